The van der Waals surface area contributed by atoms with Crippen LogP contribution >= 0.6 is 11.6 Å². The zero-order valence-corrected chi connectivity index (χ0v) is 15.0. The Labute approximate surface area is 148 Å². The molecule has 0 atom stereocenters. The van der Waals surface area contributed by atoms with Crippen LogP contribution in [0.15, 0.2) is 30.5 Å². The number of hydrogen-bond acceptors (Lipinski definition) is 3. The van der Waals surface area contributed by atoms with Crippen molar-refractivity contribution < 1.29 is 0 Å². The molecule has 0 radical (unpaired) electrons. The minimum absolute atomic E-state index is 0.540. The molecule has 0 unspecified atom stereocenters. The van der Waals surface area contributed by atoms with Crippen molar-refractivity contribution in [3.8, 4) is 11.3 Å². The highest BCUT2D eigenvalue weighted by atomic mass is 35.5. The molecular formula is C19H25ClN4. The van der Waals surface area contributed by atoms with Crippen LogP contribution in [0, 0.1) is 5.41 Å². The molecule has 128 valence electrons. The number of aryl methyl sites for hydroxylation is 1. The van der Waals surface area contributed by atoms with Crippen LogP contribution in [0.3, 0.4) is 0 Å². The average Bonchev–Trinajstić information content (AvgIpc) is 3.13. The molecule has 4 nitrogen and oxygen atoms in total. The van der Waals surface area contributed by atoms with Gasteiger partial charge in [-0.1, -0.05) is 29.8 Å². The largest absolute Gasteiger partial charge is 0.317 e. The fourth-order valence-corrected chi connectivity index (χ4v) is 4.53. The second-order valence-electron chi connectivity index (χ2n) is 7.37. The van der Waals surface area contributed by atoms with Crippen LogP contribution in [-0.2, 0) is 13.6 Å². The monoisotopic (exact) mass is 344 g/mol. The number of benzene rings is 1. The Kier molecular flexibility index (Phi) is 4.37. The molecule has 0 aliphatic carbocycles. The van der Waals surface area contributed by atoms with Crippen molar-refractivity contribution in [2.45, 2.75) is 25.8 Å². The molecule has 0 bridgehead atoms. The second-order valence-corrected chi connectivity index (χ2v) is 7.77. The molecule has 2 aliphatic rings. The lowest BCUT2D eigenvalue weighted by Gasteiger charge is -2.33. The minimum atomic E-state index is 0.540. The molecule has 4 rings (SSSR count). The van der Waals surface area contributed by atoms with Gasteiger partial charge in [0.2, 0.25) is 0 Å². The third-order valence-corrected chi connectivity index (χ3v) is 5.94. The van der Waals surface area contributed by atoms with Gasteiger partial charge in [0, 0.05) is 37.5 Å². The van der Waals surface area contributed by atoms with Crippen LogP contribution in [0.4, 0.5) is 0 Å². The molecule has 1 aromatic carbocycles. The van der Waals surface area contributed by atoms with E-state index in [4.69, 9.17) is 11.6 Å². The molecule has 2 aliphatic heterocycles. The summed E-state index contributed by atoms with van der Waals surface area (Å²) in [4.78, 5) is 2.60. The molecule has 24 heavy (non-hydrogen) atoms. The summed E-state index contributed by atoms with van der Waals surface area (Å²) in [5.74, 6) is 0. The summed E-state index contributed by atoms with van der Waals surface area (Å²) in [5, 5.41) is 8.95. The Bertz CT molecular complexity index is 718. The zero-order chi connectivity index (χ0) is 16.6. The minimum Gasteiger partial charge on any atom is -0.317 e. The molecule has 3 heterocycles. The average molecular weight is 345 g/mol. The number of hydrogen-bond donors (Lipinski definition) is 1. The van der Waals surface area contributed by atoms with Crippen molar-refractivity contribution >= 4 is 11.6 Å². The molecule has 0 amide bonds. The summed E-state index contributed by atoms with van der Waals surface area (Å²) in [7, 11) is 1.99. The first kappa shape index (κ1) is 16.1. The van der Waals surface area contributed by atoms with Crippen molar-refractivity contribution in [1.29, 1.82) is 0 Å². The first-order valence-corrected chi connectivity index (χ1v) is 9.24. The van der Waals surface area contributed by atoms with Gasteiger partial charge in [-0.25, -0.2) is 0 Å². The Balaban J connectivity index is 1.55. The highest BCUT2D eigenvalue weighted by Gasteiger charge is 2.38. The third kappa shape index (κ3) is 3.10. The van der Waals surface area contributed by atoms with Gasteiger partial charge in [0.25, 0.3) is 0 Å². The van der Waals surface area contributed by atoms with E-state index in [-0.39, 0.29) is 0 Å². The zero-order valence-electron chi connectivity index (χ0n) is 14.3. The number of nitrogens with zero attached hydrogens (tertiary/aromatic N) is 3. The van der Waals surface area contributed by atoms with Crippen LogP contribution in [0.5, 0.6) is 0 Å². The summed E-state index contributed by atoms with van der Waals surface area (Å²) in [5.41, 5.74) is 3.87. The summed E-state index contributed by atoms with van der Waals surface area (Å²) in [6.07, 6.45) is 6.10. The van der Waals surface area contributed by atoms with Crippen molar-refractivity contribution in [3.05, 3.63) is 41.0 Å². The van der Waals surface area contributed by atoms with Gasteiger partial charge in [-0.2, -0.15) is 5.10 Å². The highest BCUT2D eigenvalue weighted by molar-refractivity contribution is 6.33. The van der Waals surface area contributed by atoms with Gasteiger partial charge < -0.3 is 5.32 Å². The van der Waals surface area contributed by atoms with E-state index in [0.29, 0.717) is 5.41 Å². The van der Waals surface area contributed by atoms with Crippen molar-refractivity contribution in [2.24, 2.45) is 12.5 Å². The van der Waals surface area contributed by atoms with E-state index in [1.54, 1.807) is 0 Å². The fourth-order valence-electron chi connectivity index (χ4n) is 4.30. The van der Waals surface area contributed by atoms with Crippen LogP contribution < -0.4 is 5.32 Å². The lowest BCUT2D eigenvalue weighted by molar-refractivity contribution is 0.194. The molecule has 1 aromatic heterocycles. The number of rotatable bonds is 3. The number of aromatic nitrogens is 2. The van der Waals surface area contributed by atoms with Gasteiger partial charge >= 0.3 is 0 Å². The second kappa shape index (κ2) is 6.51. The summed E-state index contributed by atoms with van der Waals surface area (Å²) >= 11 is 6.40. The molecule has 1 N–H and O–H groups in total. The Morgan fingerprint density at radius 1 is 1.21 bits per heavy atom. The topological polar surface area (TPSA) is 33.1 Å². The van der Waals surface area contributed by atoms with E-state index < -0.39 is 0 Å². The molecule has 0 saturated carbocycles. The maximum absolute atomic E-state index is 6.40. The third-order valence-electron chi connectivity index (χ3n) is 5.61. The smallest absolute Gasteiger partial charge is 0.0983 e. The predicted octanol–water partition coefficient (Wildman–Crippen LogP) is 3.32. The molecule has 5 heteroatoms. The van der Waals surface area contributed by atoms with E-state index in [2.05, 4.69) is 27.6 Å². The first-order valence-electron chi connectivity index (χ1n) is 8.86. The summed E-state index contributed by atoms with van der Waals surface area (Å²) in [6.45, 7) is 5.71. The van der Waals surface area contributed by atoms with Crippen LogP contribution in [-0.4, -0.2) is 40.9 Å². The number of piperidine rings is 1. The Morgan fingerprint density at radius 3 is 2.79 bits per heavy atom. The van der Waals surface area contributed by atoms with Gasteiger partial charge in [0.1, 0.15) is 0 Å². The maximum atomic E-state index is 6.40. The number of halogens is 1. The van der Waals surface area contributed by atoms with Crippen molar-refractivity contribution in [3.63, 3.8) is 0 Å². The standard InChI is InChI=1S/C19H25ClN4/c1-23-12-15(18(22-23)16-4-2-3-5-17(16)20)13-24-11-8-19(14-24)6-9-21-10-7-19/h2-5,12,21H,6-11,13-14H2,1H3. The highest BCUT2D eigenvalue weighted by Crippen LogP contribution is 2.39. The van der Waals surface area contributed by atoms with Crippen LogP contribution in [0.1, 0.15) is 24.8 Å². The fraction of sp³-hybridized carbons (Fsp3) is 0.526. The SMILES string of the molecule is Cn1cc(CN2CCC3(CCNCC3)C2)c(-c2ccccc2Cl)n1. The van der Waals surface area contributed by atoms with Gasteiger partial charge in [0.05, 0.1) is 10.7 Å². The maximum Gasteiger partial charge on any atom is 0.0983 e. The van der Waals surface area contributed by atoms with E-state index in [1.807, 2.05) is 29.9 Å². The van der Waals surface area contributed by atoms with E-state index in [1.165, 1.54) is 51.0 Å². The lowest BCUT2D eigenvalue weighted by Crippen LogP contribution is -2.38. The van der Waals surface area contributed by atoms with Crippen LogP contribution in [0.2, 0.25) is 5.02 Å². The predicted molar refractivity (Wildman–Crippen MR) is 98.1 cm³/mol. The normalized spacial score (nSPS) is 20.8. The van der Waals surface area contributed by atoms with Crippen molar-refractivity contribution in [1.82, 2.24) is 20.0 Å². The molecule has 2 saturated heterocycles. The number of likely N-dealkylation sites (tertiary alicyclic amines) is 1. The van der Waals surface area contributed by atoms with E-state index in [9.17, 15) is 0 Å². The quantitative estimate of drug-likeness (QED) is 0.927. The molecule has 1 spiro atoms. The van der Waals surface area contributed by atoms with E-state index >= 15 is 0 Å². The number of nitrogens with one attached hydrogen (secondary N) is 1. The Morgan fingerprint density at radius 2 is 2.00 bits per heavy atom. The van der Waals surface area contributed by atoms with Crippen LogP contribution in [0.25, 0.3) is 11.3 Å². The van der Waals surface area contributed by atoms with Gasteiger partial charge in [0.15, 0.2) is 0 Å². The van der Waals surface area contributed by atoms with Gasteiger partial charge in [-0.15, -0.1) is 0 Å². The summed E-state index contributed by atoms with van der Waals surface area (Å²) in [6, 6.07) is 8.00. The first-order chi connectivity index (χ1) is 11.7. The van der Waals surface area contributed by atoms with E-state index in [0.717, 1.165) is 22.8 Å². The van der Waals surface area contributed by atoms with Gasteiger partial charge in [-0.05, 0) is 50.4 Å². The lowest BCUT2D eigenvalue weighted by atomic mass is 9.78. The Hall–Kier alpha value is -1.36. The molecular weight excluding hydrogens is 320 g/mol. The molecule has 2 aromatic rings. The summed E-state index contributed by atoms with van der Waals surface area (Å²) < 4.78 is 1.91. The van der Waals surface area contributed by atoms with Crippen molar-refractivity contribution in [2.75, 3.05) is 26.2 Å². The van der Waals surface area contributed by atoms with Gasteiger partial charge in [-0.3, -0.25) is 9.58 Å². The molecule has 2 fully saturated rings.